The van der Waals surface area contributed by atoms with E-state index in [4.69, 9.17) is 4.74 Å². The number of fused-ring (bicyclic) bond motifs is 14. The van der Waals surface area contributed by atoms with Gasteiger partial charge in [0.1, 0.15) is 11.5 Å². The molecular weight excluding hydrogens is 544 g/mol. The van der Waals surface area contributed by atoms with Gasteiger partial charge in [-0.05, 0) is 90.7 Å². The van der Waals surface area contributed by atoms with Crippen molar-refractivity contribution in [2.75, 3.05) is 0 Å². The van der Waals surface area contributed by atoms with Crippen molar-refractivity contribution in [2.45, 2.75) is 24.7 Å². The van der Waals surface area contributed by atoms with Gasteiger partial charge in [-0.25, -0.2) is 0 Å². The van der Waals surface area contributed by atoms with Crippen molar-refractivity contribution in [1.82, 2.24) is 0 Å². The summed E-state index contributed by atoms with van der Waals surface area (Å²) >= 11 is 0. The van der Waals surface area contributed by atoms with E-state index in [1.165, 1.54) is 77.5 Å². The van der Waals surface area contributed by atoms with Crippen molar-refractivity contribution >= 4 is 10.8 Å². The van der Waals surface area contributed by atoms with Crippen LogP contribution in [0, 0.1) is 0 Å². The molecule has 45 heavy (non-hydrogen) atoms. The Kier molecular flexibility index (Phi) is 4.78. The van der Waals surface area contributed by atoms with Crippen molar-refractivity contribution in [1.29, 1.82) is 0 Å². The normalized spacial score (nSPS) is 15.4. The highest BCUT2D eigenvalue weighted by molar-refractivity contribution is 5.97. The van der Waals surface area contributed by atoms with Gasteiger partial charge in [-0.2, -0.15) is 0 Å². The average molecular weight is 575 g/mol. The van der Waals surface area contributed by atoms with Crippen molar-refractivity contribution in [3.05, 3.63) is 179 Å². The van der Waals surface area contributed by atoms with Crippen LogP contribution in [0.15, 0.2) is 146 Å². The van der Waals surface area contributed by atoms with E-state index in [0.717, 1.165) is 11.5 Å². The number of benzene rings is 7. The monoisotopic (exact) mass is 574 g/mol. The number of rotatable bonds is 1. The molecule has 10 rings (SSSR count). The fraction of sp³-hybridized carbons (Fsp3) is 0.0909. The standard InChI is InChI=1S/C44H30O/c1-43(2)35-16-8-5-13-31(35)34-22-19-28(25-38(34)43)29-21-23-40-39(26-29)44(42-30-12-4-3-11-27(30)20-24-41(42)45-40)36-17-9-6-14-32(36)33-15-7-10-18-37(33)44/h3-26H,1-2H3. The van der Waals surface area contributed by atoms with E-state index in [-0.39, 0.29) is 5.41 Å². The van der Waals surface area contributed by atoms with Gasteiger partial charge < -0.3 is 4.74 Å². The molecule has 0 atom stereocenters. The van der Waals surface area contributed by atoms with Crippen LogP contribution >= 0.6 is 0 Å². The Labute approximate surface area is 263 Å². The van der Waals surface area contributed by atoms with Crippen LogP contribution in [0.3, 0.4) is 0 Å². The summed E-state index contributed by atoms with van der Waals surface area (Å²) in [5.41, 5.74) is 15.0. The molecule has 212 valence electrons. The van der Waals surface area contributed by atoms with Gasteiger partial charge in [-0.3, -0.25) is 0 Å². The Bertz CT molecular complexity index is 2340. The molecule has 0 N–H and O–H groups in total. The number of hydrogen-bond acceptors (Lipinski definition) is 1. The van der Waals surface area contributed by atoms with Gasteiger partial charge in [-0.15, -0.1) is 0 Å². The molecule has 0 radical (unpaired) electrons. The van der Waals surface area contributed by atoms with Crippen LogP contribution in [-0.4, -0.2) is 0 Å². The Morgan fingerprint density at radius 3 is 1.69 bits per heavy atom. The first-order chi connectivity index (χ1) is 22.1. The second-order valence-electron chi connectivity index (χ2n) is 13.2. The minimum absolute atomic E-state index is 0.0539. The molecule has 1 spiro atoms. The molecule has 7 aromatic rings. The summed E-state index contributed by atoms with van der Waals surface area (Å²) in [5.74, 6) is 1.85. The van der Waals surface area contributed by atoms with Crippen LogP contribution in [-0.2, 0) is 10.8 Å². The maximum Gasteiger partial charge on any atom is 0.132 e. The molecule has 0 saturated heterocycles. The van der Waals surface area contributed by atoms with Crippen molar-refractivity contribution in [3.63, 3.8) is 0 Å². The zero-order chi connectivity index (χ0) is 29.9. The van der Waals surface area contributed by atoms with Gasteiger partial charge in [-0.1, -0.05) is 135 Å². The molecule has 3 aliphatic rings. The molecule has 0 unspecified atom stereocenters. The third-order valence-corrected chi connectivity index (χ3v) is 10.7. The lowest BCUT2D eigenvalue weighted by Gasteiger charge is -2.40. The summed E-state index contributed by atoms with van der Waals surface area (Å²) in [5, 5.41) is 2.45. The van der Waals surface area contributed by atoms with Crippen LogP contribution in [0.1, 0.15) is 47.2 Å². The topological polar surface area (TPSA) is 9.23 Å². The lowest BCUT2D eigenvalue weighted by Crippen LogP contribution is -2.32. The van der Waals surface area contributed by atoms with Crippen LogP contribution < -0.4 is 4.74 Å². The van der Waals surface area contributed by atoms with Gasteiger partial charge in [0.25, 0.3) is 0 Å². The van der Waals surface area contributed by atoms with Crippen molar-refractivity contribution in [2.24, 2.45) is 0 Å². The summed E-state index contributed by atoms with van der Waals surface area (Å²) in [4.78, 5) is 0. The Morgan fingerprint density at radius 1 is 0.422 bits per heavy atom. The fourth-order valence-electron chi connectivity index (χ4n) is 8.75. The molecule has 2 aliphatic carbocycles. The smallest absolute Gasteiger partial charge is 0.132 e. The first-order valence-corrected chi connectivity index (χ1v) is 15.9. The van der Waals surface area contributed by atoms with Gasteiger partial charge in [0, 0.05) is 16.5 Å². The first kappa shape index (κ1) is 25.0. The number of hydrogen-bond donors (Lipinski definition) is 0. The minimum Gasteiger partial charge on any atom is -0.457 e. The second kappa shape index (κ2) is 8.61. The highest BCUT2D eigenvalue weighted by atomic mass is 16.5. The zero-order valence-electron chi connectivity index (χ0n) is 25.3. The lowest BCUT2D eigenvalue weighted by atomic mass is 9.64. The average Bonchev–Trinajstić information content (AvgIpc) is 3.51. The molecule has 1 heterocycles. The Balaban J connectivity index is 1.28. The van der Waals surface area contributed by atoms with E-state index in [1.807, 2.05) is 0 Å². The first-order valence-electron chi connectivity index (χ1n) is 15.9. The molecule has 1 heteroatoms. The van der Waals surface area contributed by atoms with E-state index < -0.39 is 5.41 Å². The van der Waals surface area contributed by atoms with Crippen LogP contribution in [0.4, 0.5) is 0 Å². The van der Waals surface area contributed by atoms with Crippen molar-refractivity contribution < 1.29 is 4.74 Å². The van der Waals surface area contributed by atoms with Crippen LogP contribution in [0.5, 0.6) is 11.5 Å². The van der Waals surface area contributed by atoms with Gasteiger partial charge >= 0.3 is 0 Å². The van der Waals surface area contributed by atoms with E-state index in [1.54, 1.807) is 0 Å². The SMILES string of the molecule is CC1(C)c2ccccc2-c2ccc(-c3ccc4c(c3)C3(c5ccccc5-c5ccccc53)c3c(ccc5ccccc35)O4)cc21. The van der Waals surface area contributed by atoms with E-state index >= 15 is 0 Å². The van der Waals surface area contributed by atoms with Crippen molar-refractivity contribution in [3.8, 4) is 44.9 Å². The molecular formula is C44H30O. The summed E-state index contributed by atoms with van der Waals surface area (Å²) in [6, 6.07) is 53.8. The third-order valence-electron chi connectivity index (χ3n) is 10.7. The molecule has 0 saturated carbocycles. The van der Waals surface area contributed by atoms with Gasteiger partial charge in [0.05, 0.1) is 5.41 Å². The molecule has 1 aliphatic heterocycles. The number of ether oxygens (including phenoxy) is 1. The third kappa shape index (κ3) is 3.08. The quantitative estimate of drug-likeness (QED) is 0.189. The lowest BCUT2D eigenvalue weighted by molar-refractivity contribution is 0.438. The molecule has 0 amide bonds. The zero-order valence-corrected chi connectivity index (χ0v) is 25.3. The summed E-state index contributed by atoms with van der Waals surface area (Å²) in [7, 11) is 0. The molecule has 1 nitrogen and oxygen atoms in total. The maximum atomic E-state index is 6.84. The van der Waals surface area contributed by atoms with E-state index in [2.05, 4.69) is 159 Å². The predicted molar refractivity (Wildman–Crippen MR) is 184 cm³/mol. The predicted octanol–water partition coefficient (Wildman–Crippen LogP) is 11.3. The largest absolute Gasteiger partial charge is 0.457 e. The molecule has 0 bridgehead atoms. The fourth-order valence-corrected chi connectivity index (χ4v) is 8.75. The highest BCUT2D eigenvalue weighted by Gasteiger charge is 2.52. The van der Waals surface area contributed by atoms with Crippen LogP contribution in [0.2, 0.25) is 0 Å². The molecule has 0 fully saturated rings. The van der Waals surface area contributed by atoms with Gasteiger partial charge in [0.2, 0.25) is 0 Å². The second-order valence-corrected chi connectivity index (χ2v) is 13.2. The molecule has 0 aromatic heterocycles. The summed E-state index contributed by atoms with van der Waals surface area (Å²) in [6.45, 7) is 4.71. The van der Waals surface area contributed by atoms with Gasteiger partial charge in [0.15, 0.2) is 0 Å². The Hall–Kier alpha value is -5.40. The maximum absolute atomic E-state index is 6.84. The summed E-state index contributed by atoms with van der Waals surface area (Å²) < 4.78 is 6.84. The van der Waals surface area contributed by atoms with E-state index in [0.29, 0.717) is 0 Å². The minimum atomic E-state index is -0.515. The van der Waals surface area contributed by atoms with E-state index in [9.17, 15) is 0 Å². The Morgan fingerprint density at radius 2 is 0.956 bits per heavy atom. The molecule has 7 aromatic carbocycles. The summed E-state index contributed by atoms with van der Waals surface area (Å²) in [6.07, 6.45) is 0. The van der Waals surface area contributed by atoms with Crippen LogP contribution in [0.25, 0.3) is 44.2 Å². The highest BCUT2D eigenvalue weighted by Crippen LogP contribution is 2.63.